The van der Waals surface area contributed by atoms with Gasteiger partial charge in [0.1, 0.15) is 0 Å². The Kier molecular flexibility index (Phi) is 7.13. The van der Waals surface area contributed by atoms with E-state index >= 15 is 0 Å². The molecule has 0 bridgehead atoms. The Bertz CT molecular complexity index is 700. The predicted molar refractivity (Wildman–Crippen MR) is 95.0 cm³/mol. The van der Waals surface area contributed by atoms with Crippen molar-refractivity contribution in [1.29, 1.82) is 0 Å². The molecule has 0 nitrogen and oxygen atoms in total. The van der Waals surface area contributed by atoms with E-state index in [-0.39, 0.29) is 9.41 Å². The van der Waals surface area contributed by atoms with Crippen LogP contribution in [0.1, 0.15) is 60.8 Å². The molecule has 0 saturated heterocycles. The molecule has 1 aromatic rings. The van der Waals surface area contributed by atoms with Gasteiger partial charge >= 0.3 is 152 Å². The van der Waals surface area contributed by atoms with E-state index < -0.39 is 22.9 Å². The van der Waals surface area contributed by atoms with Crippen LogP contribution in [0.15, 0.2) is 53.1 Å². The molecule has 132 valence electrons. The largest absolute Gasteiger partial charge is 1.00 e. The Balaban J connectivity index is 0.00000113. The van der Waals surface area contributed by atoms with Gasteiger partial charge in [0.05, 0.1) is 0 Å². The molecule has 1 aromatic carbocycles. The second-order valence-corrected chi connectivity index (χ2v) is 13.1. The summed E-state index contributed by atoms with van der Waals surface area (Å²) in [7, 11) is 0. The summed E-state index contributed by atoms with van der Waals surface area (Å²) in [5, 5.41) is 0. The van der Waals surface area contributed by atoms with Gasteiger partial charge in [0.2, 0.25) is 0 Å². The molecule has 3 aliphatic rings. The first kappa shape index (κ1) is 20.5. The Morgan fingerprint density at radius 1 is 1.08 bits per heavy atom. The molecular weight excluding hydrogens is 481 g/mol. The standard InChI is InChI=1S/C13H15.C9H11.2FH.Hf/c1-10(2)7-11-8-12-5-3-4-6-13(12)9-11;1-2-5-9-7-3-6-8(9)4-1;;;/h3-6,8-10H,7H2,1-2H3;3,6-7H,1-2,4-5H2;2*1H;/q;;;;+2/p-2. The van der Waals surface area contributed by atoms with Gasteiger partial charge in [-0.25, -0.2) is 0 Å². The van der Waals surface area contributed by atoms with Crippen LogP contribution < -0.4 is 9.41 Å². The van der Waals surface area contributed by atoms with Crippen LogP contribution in [0.2, 0.25) is 3.67 Å². The third kappa shape index (κ3) is 4.13. The summed E-state index contributed by atoms with van der Waals surface area (Å²) in [5.41, 5.74) is 8.50. The van der Waals surface area contributed by atoms with Crippen molar-refractivity contribution in [2.24, 2.45) is 5.92 Å². The van der Waals surface area contributed by atoms with Crippen LogP contribution in [-0.2, 0) is 22.9 Å². The molecule has 0 amide bonds. The van der Waals surface area contributed by atoms with Crippen molar-refractivity contribution >= 4 is 6.08 Å². The SMILES string of the molecule is CC(C)CC1=Cc2ccccc2[CH]1[Hf+2][CH]1C=CC2=C1CCCC2.[F-].[F-]. The van der Waals surface area contributed by atoms with Gasteiger partial charge in [0.25, 0.3) is 0 Å². The molecule has 2 unspecified atom stereocenters. The zero-order valence-electron chi connectivity index (χ0n) is 15.1. The molecule has 0 fully saturated rings. The summed E-state index contributed by atoms with van der Waals surface area (Å²) in [4.78, 5) is 0. The van der Waals surface area contributed by atoms with Gasteiger partial charge in [-0.2, -0.15) is 0 Å². The molecule has 3 heteroatoms. The van der Waals surface area contributed by atoms with Gasteiger partial charge < -0.3 is 9.41 Å². The van der Waals surface area contributed by atoms with Crippen LogP contribution in [0.25, 0.3) is 6.08 Å². The maximum absolute atomic E-state index is 2.59. The maximum atomic E-state index is 2.59. The fourth-order valence-corrected chi connectivity index (χ4v) is 11.4. The van der Waals surface area contributed by atoms with Crippen molar-refractivity contribution < 1.29 is 32.3 Å². The number of halogens is 2. The quantitative estimate of drug-likeness (QED) is 0.522. The zero-order chi connectivity index (χ0) is 15.8. The predicted octanol–water partition coefficient (Wildman–Crippen LogP) is 0.490. The minimum atomic E-state index is -0.812. The molecular formula is C22H26F2Hf. The molecule has 2 atom stereocenters. The Labute approximate surface area is 161 Å². The third-order valence-electron chi connectivity index (χ3n) is 5.43. The van der Waals surface area contributed by atoms with Crippen LogP contribution in [0, 0.1) is 5.92 Å². The average Bonchev–Trinajstić information content (AvgIpc) is 3.10. The first-order valence-corrected chi connectivity index (χ1v) is 13.3. The number of benzene rings is 1. The van der Waals surface area contributed by atoms with Crippen molar-refractivity contribution in [3.8, 4) is 0 Å². The van der Waals surface area contributed by atoms with Gasteiger partial charge in [-0.1, -0.05) is 0 Å². The first-order chi connectivity index (χ1) is 11.2. The molecule has 0 saturated carbocycles. The molecule has 4 rings (SSSR count). The van der Waals surface area contributed by atoms with E-state index in [9.17, 15) is 0 Å². The molecule has 0 heterocycles. The van der Waals surface area contributed by atoms with E-state index in [1.807, 2.05) is 5.57 Å². The van der Waals surface area contributed by atoms with Crippen LogP contribution in [0.5, 0.6) is 0 Å². The summed E-state index contributed by atoms with van der Waals surface area (Å²) < 4.78 is 1.72. The molecule has 0 aromatic heterocycles. The monoisotopic (exact) mass is 508 g/mol. The van der Waals surface area contributed by atoms with Crippen LogP contribution in [0.3, 0.4) is 0 Å². The minimum absolute atomic E-state index is 0. The van der Waals surface area contributed by atoms with E-state index in [4.69, 9.17) is 0 Å². The van der Waals surface area contributed by atoms with Crippen LogP contribution >= 0.6 is 0 Å². The van der Waals surface area contributed by atoms with Crippen molar-refractivity contribution in [3.05, 3.63) is 64.3 Å². The van der Waals surface area contributed by atoms with Crippen molar-refractivity contribution in [1.82, 2.24) is 0 Å². The molecule has 0 aliphatic heterocycles. The summed E-state index contributed by atoms with van der Waals surface area (Å²) in [6, 6.07) is 9.19. The van der Waals surface area contributed by atoms with Crippen LogP contribution in [-0.4, -0.2) is 0 Å². The summed E-state index contributed by atoms with van der Waals surface area (Å²) in [5.74, 6) is 0.769. The second-order valence-electron chi connectivity index (χ2n) is 7.64. The van der Waals surface area contributed by atoms with E-state index in [0.717, 1.165) is 13.3 Å². The van der Waals surface area contributed by atoms with Crippen LogP contribution in [0.4, 0.5) is 0 Å². The summed E-state index contributed by atoms with van der Waals surface area (Å²) >= 11 is -0.812. The molecule has 0 spiro atoms. The molecule has 25 heavy (non-hydrogen) atoms. The zero-order valence-corrected chi connectivity index (χ0v) is 18.7. The van der Waals surface area contributed by atoms with Crippen molar-refractivity contribution in [2.45, 2.75) is 53.3 Å². The topological polar surface area (TPSA) is 0 Å². The van der Waals surface area contributed by atoms with Gasteiger partial charge in [0.15, 0.2) is 0 Å². The number of fused-ring (bicyclic) bond motifs is 1. The van der Waals surface area contributed by atoms with Crippen molar-refractivity contribution in [3.63, 3.8) is 0 Å². The molecule has 0 radical (unpaired) electrons. The fourth-order valence-electron chi connectivity index (χ4n) is 4.39. The molecule has 3 aliphatic carbocycles. The summed E-state index contributed by atoms with van der Waals surface area (Å²) in [6.07, 6.45) is 14.5. The van der Waals surface area contributed by atoms with Gasteiger partial charge in [0, 0.05) is 0 Å². The number of hydrogen-bond acceptors (Lipinski definition) is 0. The van der Waals surface area contributed by atoms with Gasteiger partial charge in [-0.3, -0.25) is 0 Å². The Hall–Kier alpha value is -0.830. The van der Waals surface area contributed by atoms with Gasteiger partial charge in [-0.05, 0) is 0 Å². The second kappa shape index (κ2) is 8.70. The molecule has 0 N–H and O–H groups in total. The van der Waals surface area contributed by atoms with E-state index in [1.165, 1.54) is 37.7 Å². The normalized spacial score (nSPS) is 23.4. The first-order valence-electron chi connectivity index (χ1n) is 9.18. The number of hydrogen-bond donors (Lipinski definition) is 0. The fraction of sp³-hybridized carbons (Fsp3) is 0.455. The smallest absolute Gasteiger partial charge is 1.00 e. The third-order valence-corrected chi connectivity index (χ3v) is 12.3. The minimum Gasteiger partial charge on any atom is -1.00 e. The van der Waals surface area contributed by atoms with E-state index in [0.29, 0.717) is 0 Å². The Morgan fingerprint density at radius 3 is 2.64 bits per heavy atom. The van der Waals surface area contributed by atoms with Crippen molar-refractivity contribution in [2.75, 3.05) is 0 Å². The average molecular weight is 507 g/mol. The number of allylic oxidation sites excluding steroid dienone is 5. The summed E-state index contributed by atoms with van der Waals surface area (Å²) in [6.45, 7) is 4.73. The van der Waals surface area contributed by atoms with Gasteiger partial charge in [-0.15, -0.1) is 0 Å². The van der Waals surface area contributed by atoms with E-state index in [1.54, 1.807) is 16.7 Å². The van der Waals surface area contributed by atoms with E-state index in [2.05, 4.69) is 56.3 Å². The maximum Gasteiger partial charge on any atom is -1.00 e. The number of rotatable bonds is 4. The Morgan fingerprint density at radius 2 is 1.84 bits per heavy atom.